The number of pyridine rings is 1. The molecule has 0 aromatic carbocycles. The zero-order valence-corrected chi connectivity index (χ0v) is 11.6. The van der Waals surface area contributed by atoms with Crippen molar-refractivity contribution >= 4 is 11.7 Å². The summed E-state index contributed by atoms with van der Waals surface area (Å²) in [6, 6.07) is 3.73. The number of hydrogen-bond acceptors (Lipinski definition) is 5. The molecule has 0 saturated carbocycles. The molecule has 2 saturated heterocycles. The number of hydrogen-bond donors (Lipinski definition) is 0. The molecule has 0 unspecified atom stereocenters. The monoisotopic (exact) mass is 277 g/mol. The SMILES string of the molecule is COc1cccnc1N1CC(C(=O)N2CCOCC2)C1. The normalized spacial score (nSPS) is 19.6. The topological polar surface area (TPSA) is 54.9 Å². The van der Waals surface area contributed by atoms with Crippen LogP contribution in [0.3, 0.4) is 0 Å². The van der Waals surface area contributed by atoms with Crippen LogP contribution in [-0.2, 0) is 9.53 Å². The number of carbonyl (C=O) groups excluding carboxylic acids is 1. The largest absolute Gasteiger partial charge is 0.493 e. The Hall–Kier alpha value is -1.82. The van der Waals surface area contributed by atoms with Gasteiger partial charge in [0, 0.05) is 32.4 Å². The van der Waals surface area contributed by atoms with E-state index >= 15 is 0 Å². The van der Waals surface area contributed by atoms with E-state index in [1.807, 2.05) is 17.0 Å². The van der Waals surface area contributed by atoms with Gasteiger partial charge < -0.3 is 19.3 Å². The lowest BCUT2D eigenvalue weighted by Crippen LogP contribution is -2.56. The molecule has 0 aliphatic carbocycles. The average Bonchev–Trinajstić information content (AvgIpc) is 2.47. The lowest BCUT2D eigenvalue weighted by molar-refractivity contribution is -0.140. The number of aromatic nitrogens is 1. The number of methoxy groups -OCH3 is 1. The maximum absolute atomic E-state index is 12.3. The molecule has 1 aromatic heterocycles. The van der Waals surface area contributed by atoms with Gasteiger partial charge in [-0.3, -0.25) is 4.79 Å². The first-order valence-corrected chi connectivity index (χ1v) is 6.90. The quantitative estimate of drug-likeness (QED) is 0.800. The second-order valence-corrected chi connectivity index (χ2v) is 5.07. The molecule has 0 atom stereocenters. The average molecular weight is 277 g/mol. The van der Waals surface area contributed by atoms with Crippen molar-refractivity contribution in [1.29, 1.82) is 0 Å². The molecule has 0 bridgehead atoms. The maximum Gasteiger partial charge on any atom is 0.229 e. The molecular formula is C14H19N3O3. The van der Waals surface area contributed by atoms with E-state index in [-0.39, 0.29) is 11.8 Å². The van der Waals surface area contributed by atoms with Gasteiger partial charge in [-0.25, -0.2) is 4.98 Å². The van der Waals surface area contributed by atoms with Crippen molar-refractivity contribution in [3.8, 4) is 5.75 Å². The highest BCUT2D eigenvalue weighted by atomic mass is 16.5. The van der Waals surface area contributed by atoms with Crippen molar-refractivity contribution in [2.75, 3.05) is 51.4 Å². The van der Waals surface area contributed by atoms with Crippen LogP contribution in [0.15, 0.2) is 18.3 Å². The van der Waals surface area contributed by atoms with Gasteiger partial charge in [-0.1, -0.05) is 0 Å². The van der Waals surface area contributed by atoms with Crippen LogP contribution in [0.4, 0.5) is 5.82 Å². The molecule has 1 aromatic rings. The lowest BCUT2D eigenvalue weighted by atomic mass is 9.98. The number of rotatable bonds is 3. The highest BCUT2D eigenvalue weighted by Gasteiger charge is 2.37. The van der Waals surface area contributed by atoms with Crippen LogP contribution in [0, 0.1) is 5.92 Å². The Morgan fingerprint density at radius 3 is 2.85 bits per heavy atom. The minimum Gasteiger partial charge on any atom is -0.493 e. The van der Waals surface area contributed by atoms with Gasteiger partial charge in [-0.2, -0.15) is 0 Å². The molecule has 20 heavy (non-hydrogen) atoms. The Labute approximate surface area is 118 Å². The Kier molecular flexibility index (Phi) is 3.73. The Balaban J connectivity index is 1.59. The summed E-state index contributed by atoms with van der Waals surface area (Å²) in [5, 5.41) is 0. The predicted molar refractivity (Wildman–Crippen MR) is 73.9 cm³/mol. The molecule has 3 rings (SSSR count). The van der Waals surface area contributed by atoms with E-state index in [1.54, 1.807) is 13.3 Å². The molecule has 2 fully saturated rings. The Bertz CT molecular complexity index is 482. The van der Waals surface area contributed by atoms with E-state index in [2.05, 4.69) is 9.88 Å². The summed E-state index contributed by atoms with van der Waals surface area (Å²) in [5.41, 5.74) is 0. The van der Waals surface area contributed by atoms with E-state index < -0.39 is 0 Å². The lowest BCUT2D eigenvalue weighted by Gasteiger charge is -2.42. The number of nitrogens with zero attached hydrogens (tertiary/aromatic N) is 3. The third-order valence-electron chi connectivity index (χ3n) is 3.82. The van der Waals surface area contributed by atoms with Gasteiger partial charge in [0.15, 0.2) is 11.6 Å². The summed E-state index contributed by atoms with van der Waals surface area (Å²) >= 11 is 0. The first-order chi connectivity index (χ1) is 9.79. The molecule has 0 N–H and O–H groups in total. The van der Waals surface area contributed by atoms with Crippen LogP contribution in [0.5, 0.6) is 5.75 Å². The summed E-state index contributed by atoms with van der Waals surface area (Å²) in [5.74, 6) is 1.88. The van der Waals surface area contributed by atoms with Gasteiger partial charge in [0.05, 0.1) is 26.2 Å². The molecular weight excluding hydrogens is 258 g/mol. The molecule has 2 aliphatic rings. The summed E-state index contributed by atoms with van der Waals surface area (Å²) in [7, 11) is 1.64. The van der Waals surface area contributed by atoms with Gasteiger partial charge in [-0.05, 0) is 12.1 Å². The highest BCUT2D eigenvalue weighted by Crippen LogP contribution is 2.31. The molecule has 0 radical (unpaired) electrons. The predicted octanol–water partition coefficient (Wildman–Crippen LogP) is 0.385. The number of ether oxygens (including phenoxy) is 2. The second kappa shape index (κ2) is 5.66. The Morgan fingerprint density at radius 1 is 1.40 bits per heavy atom. The molecule has 6 heteroatoms. The standard InChI is InChI=1S/C14H19N3O3/c1-19-12-3-2-4-15-13(12)17-9-11(10-17)14(18)16-5-7-20-8-6-16/h2-4,11H,5-10H2,1H3. The van der Waals surface area contributed by atoms with E-state index in [1.165, 1.54) is 0 Å². The first-order valence-electron chi connectivity index (χ1n) is 6.90. The fourth-order valence-corrected chi connectivity index (χ4v) is 2.63. The minimum absolute atomic E-state index is 0.0693. The van der Waals surface area contributed by atoms with Gasteiger partial charge in [0.1, 0.15) is 0 Å². The maximum atomic E-state index is 12.3. The number of morpholine rings is 1. The summed E-state index contributed by atoms with van der Waals surface area (Å²) < 4.78 is 10.6. The zero-order chi connectivity index (χ0) is 13.9. The summed E-state index contributed by atoms with van der Waals surface area (Å²) in [6.45, 7) is 4.14. The van der Waals surface area contributed by atoms with Crippen LogP contribution in [0.1, 0.15) is 0 Å². The zero-order valence-electron chi connectivity index (χ0n) is 11.6. The molecule has 2 aliphatic heterocycles. The molecule has 3 heterocycles. The van der Waals surface area contributed by atoms with Crippen molar-refractivity contribution in [3.63, 3.8) is 0 Å². The van der Waals surface area contributed by atoms with Crippen molar-refractivity contribution < 1.29 is 14.3 Å². The van der Waals surface area contributed by atoms with E-state index in [9.17, 15) is 4.79 Å². The highest BCUT2D eigenvalue weighted by molar-refractivity contribution is 5.82. The van der Waals surface area contributed by atoms with Crippen molar-refractivity contribution in [2.24, 2.45) is 5.92 Å². The fraction of sp³-hybridized carbons (Fsp3) is 0.571. The third-order valence-corrected chi connectivity index (χ3v) is 3.82. The fourth-order valence-electron chi connectivity index (χ4n) is 2.63. The second-order valence-electron chi connectivity index (χ2n) is 5.07. The van der Waals surface area contributed by atoms with Crippen LogP contribution >= 0.6 is 0 Å². The number of anilines is 1. The smallest absolute Gasteiger partial charge is 0.229 e. The molecule has 1 amide bonds. The third kappa shape index (κ3) is 2.43. The van der Waals surface area contributed by atoms with Crippen LogP contribution in [0.25, 0.3) is 0 Å². The molecule has 108 valence electrons. The van der Waals surface area contributed by atoms with Gasteiger partial charge in [0.25, 0.3) is 0 Å². The van der Waals surface area contributed by atoms with E-state index in [0.717, 1.165) is 11.6 Å². The first kappa shape index (κ1) is 13.2. The van der Waals surface area contributed by atoms with Crippen molar-refractivity contribution in [3.05, 3.63) is 18.3 Å². The van der Waals surface area contributed by atoms with Crippen molar-refractivity contribution in [1.82, 2.24) is 9.88 Å². The van der Waals surface area contributed by atoms with Crippen LogP contribution in [0.2, 0.25) is 0 Å². The summed E-state index contributed by atoms with van der Waals surface area (Å²) in [6.07, 6.45) is 1.75. The summed E-state index contributed by atoms with van der Waals surface area (Å²) in [4.78, 5) is 20.6. The van der Waals surface area contributed by atoms with Crippen LogP contribution < -0.4 is 9.64 Å². The molecule has 6 nitrogen and oxygen atoms in total. The van der Waals surface area contributed by atoms with E-state index in [4.69, 9.17) is 9.47 Å². The van der Waals surface area contributed by atoms with Gasteiger partial charge in [0.2, 0.25) is 5.91 Å². The van der Waals surface area contributed by atoms with E-state index in [0.29, 0.717) is 39.4 Å². The number of amides is 1. The van der Waals surface area contributed by atoms with Crippen LogP contribution in [-0.4, -0.2) is 62.3 Å². The van der Waals surface area contributed by atoms with Gasteiger partial charge in [-0.15, -0.1) is 0 Å². The molecule has 0 spiro atoms. The Morgan fingerprint density at radius 2 is 2.15 bits per heavy atom. The minimum atomic E-state index is 0.0693. The number of carbonyl (C=O) groups is 1. The van der Waals surface area contributed by atoms with Gasteiger partial charge >= 0.3 is 0 Å². The van der Waals surface area contributed by atoms with Crippen molar-refractivity contribution in [2.45, 2.75) is 0 Å².